The molecule has 0 aliphatic rings. The van der Waals surface area contributed by atoms with Gasteiger partial charge in [-0.15, -0.1) is 0 Å². The monoisotopic (exact) mass is 291 g/mol. The van der Waals surface area contributed by atoms with Gasteiger partial charge in [-0.25, -0.2) is 9.78 Å². The third-order valence-electron chi connectivity index (χ3n) is 2.69. The first-order valence-corrected chi connectivity index (χ1v) is 6.09. The highest BCUT2D eigenvalue weighted by Crippen LogP contribution is 2.21. The number of aromatic carboxylic acids is 1. The van der Waals surface area contributed by atoms with Gasteiger partial charge in [0.2, 0.25) is 5.82 Å². The molecule has 2 rings (SSSR count). The number of pyridine rings is 1. The molecule has 0 bridgehead atoms. The van der Waals surface area contributed by atoms with Gasteiger partial charge in [0.25, 0.3) is 0 Å². The zero-order chi connectivity index (χ0) is 15.4. The number of carboxylic acids is 1. The standard InChI is InChI=1S/C12H13N5O4/c1-8-6-14-16(7-8)5-4-13-11-10(17(20)21)3-2-9(15-11)12(18)19/h2-3,6-7H,4-5H2,1H3,(H,13,15)(H,18,19). The fourth-order valence-corrected chi connectivity index (χ4v) is 1.73. The highest BCUT2D eigenvalue weighted by Gasteiger charge is 2.18. The van der Waals surface area contributed by atoms with E-state index in [1.807, 2.05) is 13.1 Å². The van der Waals surface area contributed by atoms with Gasteiger partial charge < -0.3 is 10.4 Å². The maximum atomic E-state index is 10.9. The van der Waals surface area contributed by atoms with Crippen LogP contribution in [0.1, 0.15) is 16.1 Å². The zero-order valence-electron chi connectivity index (χ0n) is 11.2. The SMILES string of the molecule is Cc1cnn(CCNc2nc(C(=O)O)ccc2[N+](=O)[O-])c1. The van der Waals surface area contributed by atoms with E-state index in [-0.39, 0.29) is 17.2 Å². The lowest BCUT2D eigenvalue weighted by atomic mass is 10.3. The summed E-state index contributed by atoms with van der Waals surface area (Å²) in [5, 5.41) is 26.6. The summed E-state index contributed by atoms with van der Waals surface area (Å²) in [7, 11) is 0. The van der Waals surface area contributed by atoms with Crippen LogP contribution in [0.2, 0.25) is 0 Å². The van der Waals surface area contributed by atoms with Gasteiger partial charge in [0.1, 0.15) is 0 Å². The van der Waals surface area contributed by atoms with Gasteiger partial charge >= 0.3 is 11.7 Å². The number of nitro groups is 1. The number of hydrogen-bond acceptors (Lipinski definition) is 6. The number of aromatic nitrogens is 3. The number of nitrogens with zero attached hydrogens (tertiary/aromatic N) is 4. The molecule has 0 saturated carbocycles. The summed E-state index contributed by atoms with van der Waals surface area (Å²) in [5.41, 5.74) is 0.488. The van der Waals surface area contributed by atoms with E-state index in [4.69, 9.17) is 5.11 Å². The Labute approximate surface area is 119 Å². The van der Waals surface area contributed by atoms with Crippen LogP contribution in [0.15, 0.2) is 24.5 Å². The summed E-state index contributed by atoms with van der Waals surface area (Å²) >= 11 is 0. The van der Waals surface area contributed by atoms with E-state index < -0.39 is 10.9 Å². The summed E-state index contributed by atoms with van der Waals surface area (Å²) in [6.07, 6.45) is 3.53. The van der Waals surface area contributed by atoms with Gasteiger partial charge in [-0.05, 0) is 18.6 Å². The van der Waals surface area contributed by atoms with Gasteiger partial charge in [0.15, 0.2) is 5.69 Å². The molecule has 21 heavy (non-hydrogen) atoms. The van der Waals surface area contributed by atoms with Crippen molar-refractivity contribution < 1.29 is 14.8 Å². The molecule has 9 heteroatoms. The van der Waals surface area contributed by atoms with Crippen LogP contribution in [0.3, 0.4) is 0 Å². The lowest BCUT2D eigenvalue weighted by Crippen LogP contribution is -2.14. The molecular formula is C12H13N5O4. The number of rotatable bonds is 6. The maximum absolute atomic E-state index is 10.9. The van der Waals surface area contributed by atoms with Crippen molar-refractivity contribution in [3.05, 3.63) is 45.9 Å². The molecule has 0 radical (unpaired) electrons. The van der Waals surface area contributed by atoms with E-state index >= 15 is 0 Å². The lowest BCUT2D eigenvalue weighted by Gasteiger charge is -2.07. The van der Waals surface area contributed by atoms with Crippen LogP contribution in [-0.2, 0) is 6.54 Å². The van der Waals surface area contributed by atoms with Crippen LogP contribution >= 0.6 is 0 Å². The van der Waals surface area contributed by atoms with E-state index in [9.17, 15) is 14.9 Å². The number of nitrogens with one attached hydrogen (secondary N) is 1. The number of anilines is 1. The minimum atomic E-state index is -1.24. The molecule has 0 aromatic carbocycles. The van der Waals surface area contributed by atoms with Gasteiger partial charge in [-0.3, -0.25) is 14.8 Å². The summed E-state index contributed by atoms with van der Waals surface area (Å²) in [5.74, 6) is -1.31. The van der Waals surface area contributed by atoms with Gasteiger partial charge in [-0.2, -0.15) is 5.10 Å². The molecule has 2 aromatic heterocycles. The molecule has 0 fully saturated rings. The van der Waals surface area contributed by atoms with E-state index in [2.05, 4.69) is 15.4 Å². The van der Waals surface area contributed by atoms with Crippen LogP contribution in [0, 0.1) is 17.0 Å². The Morgan fingerprint density at radius 3 is 2.86 bits per heavy atom. The Morgan fingerprint density at radius 2 is 2.29 bits per heavy atom. The van der Waals surface area contributed by atoms with Crippen molar-refractivity contribution in [3.63, 3.8) is 0 Å². The highest BCUT2D eigenvalue weighted by atomic mass is 16.6. The molecule has 0 spiro atoms. The molecule has 2 N–H and O–H groups in total. The van der Waals surface area contributed by atoms with E-state index in [0.29, 0.717) is 13.1 Å². The second-order valence-electron chi connectivity index (χ2n) is 4.33. The minimum Gasteiger partial charge on any atom is -0.477 e. The second-order valence-corrected chi connectivity index (χ2v) is 4.33. The number of carboxylic acid groups (broad SMARTS) is 1. The van der Waals surface area contributed by atoms with Crippen molar-refractivity contribution >= 4 is 17.5 Å². The Bertz CT molecular complexity index is 682. The fraction of sp³-hybridized carbons (Fsp3) is 0.250. The Kier molecular flexibility index (Phi) is 4.12. The summed E-state index contributed by atoms with van der Waals surface area (Å²) < 4.78 is 1.68. The molecule has 0 unspecified atom stereocenters. The van der Waals surface area contributed by atoms with Crippen LogP contribution in [0.4, 0.5) is 11.5 Å². The van der Waals surface area contributed by atoms with Crippen molar-refractivity contribution in [2.45, 2.75) is 13.5 Å². The van der Waals surface area contributed by atoms with Crippen molar-refractivity contribution in [2.75, 3.05) is 11.9 Å². The molecule has 0 aliphatic carbocycles. The van der Waals surface area contributed by atoms with E-state index in [1.54, 1.807) is 10.9 Å². The first kappa shape index (κ1) is 14.4. The average Bonchev–Trinajstić information content (AvgIpc) is 2.84. The summed E-state index contributed by atoms with van der Waals surface area (Å²) in [6.45, 7) is 2.71. The van der Waals surface area contributed by atoms with Crippen molar-refractivity contribution in [2.24, 2.45) is 0 Å². The number of carbonyl (C=O) groups is 1. The molecule has 0 saturated heterocycles. The van der Waals surface area contributed by atoms with Crippen LogP contribution in [-0.4, -0.2) is 37.3 Å². The first-order chi connectivity index (χ1) is 9.97. The molecule has 110 valence electrons. The molecule has 0 aliphatic heterocycles. The lowest BCUT2D eigenvalue weighted by molar-refractivity contribution is -0.384. The van der Waals surface area contributed by atoms with Crippen molar-refractivity contribution in [3.8, 4) is 0 Å². The van der Waals surface area contributed by atoms with Gasteiger partial charge in [0.05, 0.1) is 17.7 Å². The highest BCUT2D eigenvalue weighted by molar-refractivity contribution is 5.86. The smallest absolute Gasteiger partial charge is 0.354 e. The Hall–Kier alpha value is -2.97. The average molecular weight is 291 g/mol. The largest absolute Gasteiger partial charge is 0.477 e. The molecule has 0 amide bonds. The third kappa shape index (κ3) is 3.53. The normalized spacial score (nSPS) is 10.3. The van der Waals surface area contributed by atoms with Gasteiger partial charge in [0, 0.05) is 18.8 Å². The quantitative estimate of drug-likeness (QED) is 0.607. The second kappa shape index (κ2) is 5.99. The van der Waals surface area contributed by atoms with Gasteiger partial charge in [-0.1, -0.05) is 0 Å². The van der Waals surface area contributed by atoms with Crippen molar-refractivity contribution in [1.82, 2.24) is 14.8 Å². The van der Waals surface area contributed by atoms with Crippen LogP contribution in [0.25, 0.3) is 0 Å². The summed E-state index contributed by atoms with van der Waals surface area (Å²) in [4.78, 5) is 24.9. The summed E-state index contributed by atoms with van der Waals surface area (Å²) in [6, 6.07) is 2.22. The predicted octanol–water partition coefficient (Wildman–Crippen LogP) is 1.31. The topological polar surface area (TPSA) is 123 Å². The van der Waals surface area contributed by atoms with Crippen LogP contribution < -0.4 is 5.32 Å². The molecule has 9 nitrogen and oxygen atoms in total. The molecule has 2 heterocycles. The zero-order valence-corrected chi connectivity index (χ0v) is 11.2. The predicted molar refractivity (Wildman–Crippen MR) is 73.3 cm³/mol. The molecule has 2 aromatic rings. The maximum Gasteiger partial charge on any atom is 0.354 e. The van der Waals surface area contributed by atoms with Crippen molar-refractivity contribution in [1.29, 1.82) is 0 Å². The molecular weight excluding hydrogens is 278 g/mol. The Balaban J connectivity index is 2.11. The Morgan fingerprint density at radius 1 is 1.52 bits per heavy atom. The van der Waals surface area contributed by atoms with E-state index in [0.717, 1.165) is 17.7 Å². The number of aryl methyl sites for hydroxylation is 1. The fourth-order valence-electron chi connectivity index (χ4n) is 1.73. The number of hydrogen-bond donors (Lipinski definition) is 2. The van der Waals surface area contributed by atoms with E-state index in [1.165, 1.54) is 0 Å². The third-order valence-corrected chi connectivity index (χ3v) is 2.69. The molecule has 0 atom stereocenters. The minimum absolute atomic E-state index is 0.0659. The first-order valence-electron chi connectivity index (χ1n) is 6.09. The van der Waals surface area contributed by atoms with Crippen LogP contribution in [0.5, 0.6) is 0 Å².